The maximum absolute atomic E-state index is 12.5. The number of carbonyl (C=O) groups excluding carboxylic acids is 1. The Bertz CT molecular complexity index is 1150. The predicted molar refractivity (Wildman–Crippen MR) is 138 cm³/mol. The molecule has 0 spiro atoms. The minimum Gasteiger partial charge on any atom is -0.395 e. The highest BCUT2D eigenvalue weighted by Gasteiger charge is 2.26. The van der Waals surface area contributed by atoms with Crippen LogP contribution in [-0.4, -0.2) is 65.1 Å². The van der Waals surface area contributed by atoms with Gasteiger partial charge in [0.15, 0.2) is 0 Å². The van der Waals surface area contributed by atoms with Gasteiger partial charge < -0.3 is 15.4 Å². The maximum atomic E-state index is 12.5. The largest absolute Gasteiger partial charge is 0.395 e. The number of carbonyl (C=O) groups is 1. The summed E-state index contributed by atoms with van der Waals surface area (Å²) < 4.78 is 0. The number of β-amino-alcohol motifs (C(OH)–C–C–N with tert-alkyl or cyclic N) is 1. The SMILES string of the molecule is C=Cc1ccc(-c2cc3cc(CN4CCN(CCO)CC4)ccc3[nH]2)c2c1CNC2=O.Cl.Cl. The molecule has 2 aliphatic rings. The molecule has 8 heteroatoms. The number of fused-ring (bicyclic) bond motifs is 2. The molecule has 2 aliphatic heterocycles. The van der Waals surface area contributed by atoms with Gasteiger partial charge in [0.2, 0.25) is 0 Å². The first-order valence-electron chi connectivity index (χ1n) is 10.9. The minimum absolute atomic E-state index is 0. The lowest BCUT2D eigenvalue weighted by atomic mass is 9.96. The third kappa shape index (κ3) is 4.95. The summed E-state index contributed by atoms with van der Waals surface area (Å²) in [5.74, 6) is -0.0200. The van der Waals surface area contributed by atoms with Gasteiger partial charge >= 0.3 is 0 Å². The predicted octanol–water partition coefficient (Wildman–Crippen LogP) is 3.67. The molecular formula is C25H30Cl2N4O2. The molecule has 0 aliphatic carbocycles. The third-order valence-electron chi connectivity index (χ3n) is 6.48. The Balaban J connectivity index is 0.00000153. The van der Waals surface area contributed by atoms with E-state index in [0.29, 0.717) is 6.54 Å². The highest BCUT2D eigenvalue weighted by molar-refractivity contribution is 6.06. The number of amides is 1. The normalized spacial score (nSPS) is 16.1. The third-order valence-corrected chi connectivity index (χ3v) is 6.48. The summed E-state index contributed by atoms with van der Waals surface area (Å²) in [6.45, 7) is 10.4. The number of benzene rings is 2. The van der Waals surface area contributed by atoms with Crippen molar-refractivity contribution in [1.82, 2.24) is 20.1 Å². The van der Waals surface area contributed by atoms with Crippen molar-refractivity contribution in [2.24, 2.45) is 0 Å². The average molecular weight is 489 g/mol. The number of aliphatic hydroxyl groups excluding tert-OH is 1. The highest BCUT2D eigenvalue weighted by atomic mass is 35.5. The number of halogens is 2. The fraction of sp³-hybridized carbons (Fsp3) is 0.320. The van der Waals surface area contributed by atoms with E-state index in [1.807, 2.05) is 18.2 Å². The lowest BCUT2D eigenvalue weighted by Crippen LogP contribution is -2.46. The number of nitrogens with zero attached hydrogens (tertiary/aromatic N) is 2. The summed E-state index contributed by atoms with van der Waals surface area (Å²) >= 11 is 0. The van der Waals surface area contributed by atoms with Crippen molar-refractivity contribution >= 4 is 47.7 Å². The van der Waals surface area contributed by atoms with Gasteiger partial charge in [-0.05, 0) is 34.9 Å². The summed E-state index contributed by atoms with van der Waals surface area (Å²) in [5.41, 5.74) is 7.06. The van der Waals surface area contributed by atoms with Crippen molar-refractivity contribution in [2.45, 2.75) is 13.1 Å². The Morgan fingerprint density at radius 3 is 2.52 bits per heavy atom. The van der Waals surface area contributed by atoms with Crippen LogP contribution in [0.4, 0.5) is 0 Å². The molecule has 6 nitrogen and oxygen atoms in total. The van der Waals surface area contributed by atoms with Gasteiger partial charge in [-0.2, -0.15) is 0 Å². The van der Waals surface area contributed by atoms with Gasteiger partial charge in [0.25, 0.3) is 5.91 Å². The Labute approximate surface area is 206 Å². The lowest BCUT2D eigenvalue weighted by Gasteiger charge is -2.34. The summed E-state index contributed by atoms with van der Waals surface area (Å²) in [4.78, 5) is 20.8. The zero-order chi connectivity index (χ0) is 21.4. The van der Waals surface area contributed by atoms with E-state index in [-0.39, 0.29) is 37.3 Å². The van der Waals surface area contributed by atoms with Crippen LogP contribution in [0.15, 0.2) is 43.0 Å². The second kappa shape index (κ2) is 10.7. The number of nitrogens with one attached hydrogen (secondary N) is 2. The summed E-state index contributed by atoms with van der Waals surface area (Å²) in [7, 11) is 0. The van der Waals surface area contributed by atoms with Crippen LogP contribution in [0.3, 0.4) is 0 Å². The zero-order valence-electron chi connectivity index (χ0n) is 18.5. The van der Waals surface area contributed by atoms with Crippen LogP contribution < -0.4 is 5.32 Å². The molecule has 176 valence electrons. The highest BCUT2D eigenvalue weighted by Crippen LogP contribution is 2.33. The molecule has 1 fully saturated rings. The van der Waals surface area contributed by atoms with E-state index in [9.17, 15) is 4.79 Å². The van der Waals surface area contributed by atoms with Crippen molar-refractivity contribution in [3.8, 4) is 11.3 Å². The van der Waals surface area contributed by atoms with Crippen LogP contribution >= 0.6 is 24.8 Å². The molecule has 0 radical (unpaired) electrons. The van der Waals surface area contributed by atoms with E-state index < -0.39 is 0 Å². The van der Waals surface area contributed by atoms with Crippen molar-refractivity contribution < 1.29 is 9.90 Å². The summed E-state index contributed by atoms with van der Waals surface area (Å²) in [6.07, 6.45) is 1.81. The van der Waals surface area contributed by atoms with Crippen LogP contribution in [0.1, 0.15) is 27.0 Å². The van der Waals surface area contributed by atoms with Gasteiger partial charge in [-0.15, -0.1) is 24.8 Å². The van der Waals surface area contributed by atoms with Crippen LogP contribution in [0.5, 0.6) is 0 Å². The molecular weight excluding hydrogens is 459 g/mol. The number of H-pyrrole nitrogens is 1. The van der Waals surface area contributed by atoms with Gasteiger partial charge in [-0.3, -0.25) is 14.6 Å². The molecule has 1 amide bonds. The van der Waals surface area contributed by atoms with E-state index in [4.69, 9.17) is 5.11 Å². The van der Waals surface area contributed by atoms with E-state index in [0.717, 1.165) is 78.1 Å². The molecule has 0 saturated carbocycles. The topological polar surface area (TPSA) is 71.6 Å². The monoisotopic (exact) mass is 488 g/mol. The van der Waals surface area contributed by atoms with Gasteiger partial charge in [0.1, 0.15) is 0 Å². The number of aliphatic hydroxyl groups is 1. The van der Waals surface area contributed by atoms with E-state index >= 15 is 0 Å². The maximum Gasteiger partial charge on any atom is 0.252 e. The summed E-state index contributed by atoms with van der Waals surface area (Å²) in [6, 6.07) is 12.8. The van der Waals surface area contributed by atoms with Gasteiger partial charge in [-0.1, -0.05) is 30.9 Å². The molecule has 2 aromatic carbocycles. The zero-order valence-corrected chi connectivity index (χ0v) is 20.1. The standard InChI is InChI=1S/C25H28N4O2.2ClH/c1-2-18-4-5-20(24-21(18)15-26-25(24)31)23-14-19-13-17(3-6-22(19)27-23)16-29-9-7-28(8-10-29)11-12-30;;/h2-6,13-14,27,30H,1,7-12,15-16H2,(H,26,31);2*1H. The molecule has 3 aromatic rings. The van der Waals surface area contributed by atoms with Crippen LogP contribution in [0, 0.1) is 0 Å². The van der Waals surface area contributed by atoms with Crippen molar-refractivity contribution in [2.75, 3.05) is 39.3 Å². The Morgan fingerprint density at radius 1 is 1.03 bits per heavy atom. The number of rotatable bonds is 6. The number of hydrogen-bond acceptors (Lipinski definition) is 4. The first kappa shape index (κ1) is 25.3. The fourth-order valence-corrected chi connectivity index (χ4v) is 4.78. The minimum atomic E-state index is -0.0200. The van der Waals surface area contributed by atoms with E-state index in [1.54, 1.807) is 0 Å². The second-order valence-electron chi connectivity index (χ2n) is 8.39. The molecule has 33 heavy (non-hydrogen) atoms. The first-order chi connectivity index (χ1) is 15.2. The van der Waals surface area contributed by atoms with Crippen LogP contribution in [-0.2, 0) is 13.1 Å². The molecule has 5 rings (SSSR count). The average Bonchev–Trinajstić information content (AvgIpc) is 3.38. The van der Waals surface area contributed by atoms with Gasteiger partial charge in [0.05, 0.1) is 12.2 Å². The summed E-state index contributed by atoms with van der Waals surface area (Å²) in [5, 5.41) is 13.2. The van der Waals surface area contributed by atoms with Crippen molar-refractivity contribution in [3.05, 3.63) is 65.2 Å². The Hall–Kier alpha value is -2.35. The second-order valence-corrected chi connectivity index (χ2v) is 8.39. The van der Waals surface area contributed by atoms with Crippen molar-refractivity contribution in [3.63, 3.8) is 0 Å². The molecule has 1 aromatic heterocycles. The Morgan fingerprint density at radius 2 is 1.79 bits per heavy atom. The Kier molecular flexibility index (Phi) is 8.21. The number of hydrogen-bond donors (Lipinski definition) is 3. The molecule has 1 saturated heterocycles. The molecule has 0 bridgehead atoms. The molecule has 0 unspecified atom stereocenters. The van der Waals surface area contributed by atoms with Crippen molar-refractivity contribution in [1.29, 1.82) is 0 Å². The van der Waals surface area contributed by atoms with Gasteiger partial charge in [0, 0.05) is 68.0 Å². The van der Waals surface area contributed by atoms with Gasteiger partial charge in [-0.25, -0.2) is 0 Å². The molecule has 0 atom stereocenters. The fourth-order valence-electron chi connectivity index (χ4n) is 4.78. The van der Waals surface area contributed by atoms with Crippen LogP contribution in [0.25, 0.3) is 28.2 Å². The number of aromatic amines is 1. The lowest BCUT2D eigenvalue weighted by molar-refractivity contribution is 0.0966. The first-order valence-corrected chi connectivity index (χ1v) is 10.9. The number of piperazine rings is 1. The van der Waals surface area contributed by atoms with Crippen LogP contribution in [0.2, 0.25) is 0 Å². The molecule has 3 heterocycles. The smallest absolute Gasteiger partial charge is 0.252 e. The number of aromatic nitrogens is 1. The van der Waals surface area contributed by atoms with E-state index in [2.05, 4.69) is 50.9 Å². The molecule has 3 N–H and O–H groups in total. The van der Waals surface area contributed by atoms with E-state index in [1.165, 1.54) is 5.56 Å². The quantitative estimate of drug-likeness (QED) is 0.494.